The van der Waals surface area contributed by atoms with Gasteiger partial charge in [-0.3, -0.25) is 9.59 Å². The maximum absolute atomic E-state index is 12.0. The van der Waals surface area contributed by atoms with E-state index in [0.717, 1.165) is 25.9 Å². The smallest absolute Gasteiger partial charge is 0.312 e. The van der Waals surface area contributed by atoms with Crippen molar-refractivity contribution in [2.45, 2.75) is 18.9 Å². The molecule has 2 amide bonds. The van der Waals surface area contributed by atoms with Crippen LogP contribution in [0.1, 0.15) is 12.8 Å². The van der Waals surface area contributed by atoms with Gasteiger partial charge in [-0.15, -0.1) is 0 Å². The minimum atomic E-state index is -0.444. The Morgan fingerprint density at radius 3 is 2.25 bits per heavy atom. The van der Waals surface area contributed by atoms with E-state index in [2.05, 4.69) is 22.3 Å². The maximum Gasteiger partial charge on any atom is 0.312 e. The maximum atomic E-state index is 12.0. The lowest BCUT2D eigenvalue weighted by Crippen LogP contribution is -2.53. The largest absolute Gasteiger partial charge is 0.368 e. The van der Waals surface area contributed by atoms with Crippen LogP contribution in [0.25, 0.3) is 0 Å². The molecule has 1 saturated heterocycles. The zero-order valence-electron chi connectivity index (χ0n) is 11.4. The van der Waals surface area contributed by atoms with Crippen molar-refractivity contribution in [2.75, 3.05) is 31.1 Å². The third-order valence-corrected chi connectivity index (χ3v) is 3.80. The monoisotopic (exact) mass is 273 g/mol. The van der Waals surface area contributed by atoms with Gasteiger partial charge < -0.3 is 15.1 Å². The van der Waals surface area contributed by atoms with E-state index in [1.807, 2.05) is 18.2 Å². The number of amides is 2. The summed E-state index contributed by atoms with van der Waals surface area (Å²) in [6, 6.07) is 10.4. The van der Waals surface area contributed by atoms with E-state index in [0.29, 0.717) is 13.1 Å². The summed E-state index contributed by atoms with van der Waals surface area (Å²) < 4.78 is 0. The first kappa shape index (κ1) is 13.0. The predicted octanol–water partition coefficient (Wildman–Crippen LogP) is 0.614. The van der Waals surface area contributed by atoms with Crippen LogP contribution in [0.2, 0.25) is 0 Å². The van der Waals surface area contributed by atoms with Crippen molar-refractivity contribution in [3.63, 3.8) is 0 Å². The molecule has 1 aliphatic heterocycles. The molecule has 0 unspecified atom stereocenters. The highest BCUT2D eigenvalue weighted by atomic mass is 16.2. The van der Waals surface area contributed by atoms with E-state index < -0.39 is 5.91 Å². The summed E-state index contributed by atoms with van der Waals surface area (Å²) in [4.78, 5) is 27.6. The molecule has 20 heavy (non-hydrogen) atoms. The topological polar surface area (TPSA) is 52.7 Å². The second-order valence-corrected chi connectivity index (χ2v) is 5.36. The minimum absolute atomic E-state index is 0.233. The second-order valence-electron chi connectivity index (χ2n) is 5.36. The minimum Gasteiger partial charge on any atom is -0.368 e. The fraction of sp³-hybridized carbons (Fsp3) is 0.467. The summed E-state index contributed by atoms with van der Waals surface area (Å²) in [7, 11) is 0. The van der Waals surface area contributed by atoms with Crippen LogP contribution >= 0.6 is 0 Å². The van der Waals surface area contributed by atoms with E-state index in [1.54, 1.807) is 4.90 Å². The van der Waals surface area contributed by atoms with Crippen LogP contribution in [0, 0.1) is 0 Å². The van der Waals surface area contributed by atoms with Crippen molar-refractivity contribution in [1.82, 2.24) is 10.2 Å². The number of anilines is 1. The summed E-state index contributed by atoms with van der Waals surface area (Å²) >= 11 is 0. The highest BCUT2D eigenvalue weighted by Crippen LogP contribution is 2.19. The average molecular weight is 273 g/mol. The number of hydrogen-bond acceptors (Lipinski definition) is 3. The number of hydrogen-bond donors (Lipinski definition) is 1. The first-order chi connectivity index (χ1) is 9.74. The Balaban J connectivity index is 1.52. The number of para-hydroxylation sites is 1. The fourth-order valence-electron chi connectivity index (χ4n) is 2.42. The number of piperazine rings is 1. The first-order valence-corrected chi connectivity index (χ1v) is 7.14. The van der Waals surface area contributed by atoms with Gasteiger partial charge in [0.1, 0.15) is 0 Å². The van der Waals surface area contributed by atoms with E-state index in [9.17, 15) is 9.59 Å². The molecule has 1 aromatic rings. The molecule has 0 spiro atoms. The molecule has 1 aliphatic carbocycles. The summed E-state index contributed by atoms with van der Waals surface area (Å²) in [6.45, 7) is 2.75. The number of nitrogens with one attached hydrogen (secondary N) is 1. The summed E-state index contributed by atoms with van der Waals surface area (Å²) in [5, 5.41) is 2.75. The van der Waals surface area contributed by atoms with Gasteiger partial charge in [-0.05, 0) is 25.0 Å². The Morgan fingerprint density at radius 2 is 1.65 bits per heavy atom. The van der Waals surface area contributed by atoms with Crippen molar-refractivity contribution in [3.05, 3.63) is 30.3 Å². The zero-order chi connectivity index (χ0) is 13.9. The number of rotatable bonds is 2. The van der Waals surface area contributed by atoms with Crippen molar-refractivity contribution < 1.29 is 9.59 Å². The van der Waals surface area contributed by atoms with Crippen molar-refractivity contribution >= 4 is 17.5 Å². The Hall–Kier alpha value is -2.04. The third kappa shape index (κ3) is 2.92. The Labute approximate surface area is 118 Å². The lowest BCUT2D eigenvalue weighted by molar-refractivity contribution is -0.146. The van der Waals surface area contributed by atoms with Crippen LogP contribution in [-0.4, -0.2) is 48.9 Å². The normalized spacial score (nSPS) is 18.8. The van der Waals surface area contributed by atoms with Gasteiger partial charge in [-0.25, -0.2) is 0 Å². The van der Waals surface area contributed by atoms with Crippen LogP contribution in [0.3, 0.4) is 0 Å². The van der Waals surface area contributed by atoms with Crippen LogP contribution in [0.15, 0.2) is 30.3 Å². The van der Waals surface area contributed by atoms with Crippen LogP contribution < -0.4 is 10.2 Å². The van der Waals surface area contributed by atoms with E-state index in [1.165, 1.54) is 5.69 Å². The van der Waals surface area contributed by atoms with Gasteiger partial charge in [0.15, 0.2) is 0 Å². The van der Waals surface area contributed by atoms with Crippen LogP contribution in [0.4, 0.5) is 5.69 Å². The van der Waals surface area contributed by atoms with Gasteiger partial charge >= 0.3 is 11.8 Å². The highest BCUT2D eigenvalue weighted by Gasteiger charge is 2.30. The Bertz CT molecular complexity index is 491. The molecule has 0 atom stereocenters. The lowest BCUT2D eigenvalue weighted by Gasteiger charge is -2.35. The molecular weight excluding hydrogens is 254 g/mol. The van der Waals surface area contributed by atoms with Gasteiger partial charge in [0, 0.05) is 37.9 Å². The Kier molecular flexibility index (Phi) is 3.58. The summed E-state index contributed by atoms with van der Waals surface area (Å²) in [5.74, 6) is -0.828. The molecule has 1 aromatic carbocycles. The third-order valence-electron chi connectivity index (χ3n) is 3.80. The summed E-state index contributed by atoms with van der Waals surface area (Å²) in [5.41, 5.74) is 1.17. The highest BCUT2D eigenvalue weighted by molar-refractivity contribution is 6.35. The molecule has 1 heterocycles. The standard InChI is InChI=1S/C15H19N3O2/c19-14(16-12-6-7-12)15(20)18-10-8-17(9-11-18)13-4-2-1-3-5-13/h1-5,12H,6-11H2,(H,16,19). The van der Waals surface area contributed by atoms with Crippen LogP contribution in [-0.2, 0) is 9.59 Å². The van der Waals surface area contributed by atoms with E-state index in [4.69, 9.17) is 0 Å². The second kappa shape index (κ2) is 5.53. The molecule has 3 rings (SSSR count). The molecule has 0 bridgehead atoms. The van der Waals surface area contributed by atoms with Crippen LogP contribution in [0.5, 0.6) is 0 Å². The van der Waals surface area contributed by atoms with Crippen molar-refractivity contribution in [2.24, 2.45) is 0 Å². The Morgan fingerprint density at radius 1 is 1.00 bits per heavy atom. The molecule has 1 N–H and O–H groups in total. The molecular formula is C15H19N3O2. The zero-order valence-corrected chi connectivity index (χ0v) is 11.4. The average Bonchev–Trinajstić information content (AvgIpc) is 3.31. The molecule has 5 nitrogen and oxygen atoms in total. The summed E-state index contributed by atoms with van der Waals surface area (Å²) in [6.07, 6.45) is 2.00. The number of carbonyl (C=O) groups excluding carboxylic acids is 2. The molecule has 2 aliphatic rings. The van der Waals surface area contributed by atoms with Crippen molar-refractivity contribution in [1.29, 1.82) is 0 Å². The molecule has 1 saturated carbocycles. The van der Waals surface area contributed by atoms with Gasteiger partial charge in [0.25, 0.3) is 0 Å². The van der Waals surface area contributed by atoms with Gasteiger partial charge in [0.2, 0.25) is 0 Å². The lowest BCUT2D eigenvalue weighted by atomic mass is 10.2. The van der Waals surface area contributed by atoms with Crippen molar-refractivity contribution in [3.8, 4) is 0 Å². The molecule has 106 valence electrons. The number of benzene rings is 1. The fourth-order valence-corrected chi connectivity index (χ4v) is 2.42. The molecule has 5 heteroatoms. The molecule has 0 radical (unpaired) electrons. The van der Waals surface area contributed by atoms with E-state index >= 15 is 0 Å². The number of nitrogens with zero attached hydrogens (tertiary/aromatic N) is 2. The molecule has 0 aromatic heterocycles. The SMILES string of the molecule is O=C(NC1CC1)C(=O)N1CCN(c2ccccc2)CC1. The molecule has 2 fully saturated rings. The van der Waals surface area contributed by atoms with Gasteiger partial charge in [-0.2, -0.15) is 0 Å². The number of carbonyl (C=O) groups is 2. The quantitative estimate of drug-likeness (QED) is 0.803. The first-order valence-electron chi connectivity index (χ1n) is 7.14. The predicted molar refractivity (Wildman–Crippen MR) is 76.4 cm³/mol. The van der Waals surface area contributed by atoms with Gasteiger partial charge in [0.05, 0.1) is 0 Å². The van der Waals surface area contributed by atoms with E-state index in [-0.39, 0.29) is 11.9 Å². The van der Waals surface area contributed by atoms with Gasteiger partial charge in [-0.1, -0.05) is 18.2 Å².